The molecule has 0 fully saturated rings. The number of aromatic nitrogens is 2. The van der Waals surface area contributed by atoms with Crippen molar-refractivity contribution in [2.75, 3.05) is 11.9 Å². The molecule has 1 unspecified atom stereocenters. The van der Waals surface area contributed by atoms with Crippen molar-refractivity contribution in [3.63, 3.8) is 0 Å². The van der Waals surface area contributed by atoms with Crippen LogP contribution in [0.4, 0.5) is 5.69 Å². The lowest BCUT2D eigenvalue weighted by molar-refractivity contribution is -0.121. The average molecular weight is 287 g/mol. The SMILES string of the molecule is CC(C)CNC(=O)C(C)Nc1cnn(C)c(=O)c1Cl. The average Bonchev–Trinajstić information content (AvgIpc) is 2.36. The van der Waals surface area contributed by atoms with E-state index in [1.165, 1.54) is 13.2 Å². The minimum absolute atomic E-state index is 0.0287. The number of aryl methyl sites for hydroxylation is 1. The summed E-state index contributed by atoms with van der Waals surface area (Å²) in [5.74, 6) is 0.232. The van der Waals surface area contributed by atoms with Crippen molar-refractivity contribution in [1.29, 1.82) is 0 Å². The summed E-state index contributed by atoms with van der Waals surface area (Å²) in [7, 11) is 1.51. The van der Waals surface area contributed by atoms with Crippen LogP contribution >= 0.6 is 11.6 Å². The summed E-state index contributed by atoms with van der Waals surface area (Å²) in [5.41, 5.74) is -0.0431. The molecule has 19 heavy (non-hydrogen) atoms. The van der Waals surface area contributed by atoms with Crippen molar-refractivity contribution in [3.05, 3.63) is 21.6 Å². The van der Waals surface area contributed by atoms with E-state index in [4.69, 9.17) is 11.6 Å². The molecule has 0 aromatic carbocycles. The van der Waals surface area contributed by atoms with E-state index in [0.717, 1.165) is 4.68 Å². The highest BCUT2D eigenvalue weighted by Gasteiger charge is 2.15. The van der Waals surface area contributed by atoms with Gasteiger partial charge in [0, 0.05) is 13.6 Å². The van der Waals surface area contributed by atoms with Gasteiger partial charge in [-0.15, -0.1) is 0 Å². The van der Waals surface area contributed by atoms with Gasteiger partial charge in [0.05, 0.1) is 11.9 Å². The zero-order valence-corrected chi connectivity index (χ0v) is 12.3. The van der Waals surface area contributed by atoms with E-state index in [1.54, 1.807) is 6.92 Å². The quantitative estimate of drug-likeness (QED) is 0.847. The fourth-order valence-corrected chi connectivity index (χ4v) is 1.59. The number of hydrogen-bond donors (Lipinski definition) is 2. The number of rotatable bonds is 5. The Kier molecular flexibility index (Phi) is 5.35. The Morgan fingerprint density at radius 3 is 2.68 bits per heavy atom. The molecule has 0 saturated heterocycles. The van der Waals surface area contributed by atoms with E-state index in [2.05, 4.69) is 15.7 Å². The number of anilines is 1. The molecular weight excluding hydrogens is 268 g/mol. The molecule has 1 aromatic rings. The molecule has 6 nitrogen and oxygen atoms in total. The van der Waals surface area contributed by atoms with Crippen molar-refractivity contribution >= 4 is 23.2 Å². The highest BCUT2D eigenvalue weighted by atomic mass is 35.5. The van der Waals surface area contributed by atoms with Crippen LogP contribution in [0.3, 0.4) is 0 Å². The van der Waals surface area contributed by atoms with Crippen LogP contribution in [0.15, 0.2) is 11.0 Å². The lowest BCUT2D eigenvalue weighted by atomic mass is 10.2. The fraction of sp³-hybridized carbons (Fsp3) is 0.583. The maximum atomic E-state index is 11.8. The monoisotopic (exact) mass is 286 g/mol. The number of halogens is 1. The first-order chi connectivity index (χ1) is 8.82. The summed E-state index contributed by atoms with van der Waals surface area (Å²) in [6, 6.07) is -0.495. The summed E-state index contributed by atoms with van der Waals surface area (Å²) < 4.78 is 1.14. The predicted molar refractivity (Wildman–Crippen MR) is 75.4 cm³/mol. The van der Waals surface area contributed by atoms with Crippen LogP contribution in [0, 0.1) is 5.92 Å². The standard InChI is InChI=1S/C12H19ClN4O2/c1-7(2)5-14-11(18)8(3)16-9-6-15-17(4)12(19)10(9)13/h6-8,16H,5H2,1-4H3,(H,14,18). The van der Waals surface area contributed by atoms with E-state index in [1.807, 2.05) is 13.8 Å². The van der Waals surface area contributed by atoms with E-state index < -0.39 is 11.6 Å². The zero-order chi connectivity index (χ0) is 14.6. The molecule has 0 saturated carbocycles. The number of hydrogen-bond acceptors (Lipinski definition) is 4. The van der Waals surface area contributed by atoms with Crippen LogP contribution in [-0.2, 0) is 11.8 Å². The molecule has 1 heterocycles. The van der Waals surface area contributed by atoms with E-state index in [9.17, 15) is 9.59 Å². The first-order valence-corrected chi connectivity index (χ1v) is 6.46. The van der Waals surface area contributed by atoms with Gasteiger partial charge in [-0.3, -0.25) is 9.59 Å². The van der Waals surface area contributed by atoms with Crippen LogP contribution in [0.1, 0.15) is 20.8 Å². The smallest absolute Gasteiger partial charge is 0.287 e. The van der Waals surface area contributed by atoms with Crippen molar-refractivity contribution in [1.82, 2.24) is 15.1 Å². The van der Waals surface area contributed by atoms with Gasteiger partial charge in [-0.25, -0.2) is 4.68 Å². The summed E-state index contributed by atoms with van der Waals surface area (Å²) in [6.07, 6.45) is 1.43. The molecule has 1 atom stereocenters. The Balaban J connectivity index is 2.72. The number of amides is 1. The summed E-state index contributed by atoms with van der Waals surface area (Å²) in [6.45, 7) is 6.33. The maximum absolute atomic E-state index is 11.8. The van der Waals surface area contributed by atoms with Crippen molar-refractivity contribution < 1.29 is 4.79 Å². The summed E-state index contributed by atoms with van der Waals surface area (Å²) in [4.78, 5) is 23.4. The fourth-order valence-electron chi connectivity index (χ4n) is 1.37. The minimum Gasteiger partial charge on any atom is -0.371 e. The molecule has 1 rings (SSSR count). The highest BCUT2D eigenvalue weighted by molar-refractivity contribution is 6.33. The third kappa shape index (κ3) is 4.24. The second-order valence-corrected chi connectivity index (χ2v) is 5.18. The van der Waals surface area contributed by atoms with Gasteiger partial charge in [0.2, 0.25) is 5.91 Å². The molecule has 1 aromatic heterocycles. The molecule has 2 N–H and O–H groups in total. The van der Waals surface area contributed by atoms with Gasteiger partial charge in [-0.2, -0.15) is 5.10 Å². The number of carbonyl (C=O) groups excluding carboxylic acids is 1. The molecule has 1 amide bonds. The van der Waals surface area contributed by atoms with Crippen LogP contribution in [0.25, 0.3) is 0 Å². The lowest BCUT2D eigenvalue weighted by Crippen LogP contribution is -2.39. The van der Waals surface area contributed by atoms with Gasteiger partial charge < -0.3 is 10.6 Å². The second-order valence-electron chi connectivity index (χ2n) is 4.81. The first kappa shape index (κ1) is 15.5. The Morgan fingerprint density at radius 2 is 2.11 bits per heavy atom. The molecule has 0 aliphatic carbocycles. The van der Waals surface area contributed by atoms with Gasteiger partial charge in [-0.05, 0) is 12.8 Å². The van der Waals surface area contributed by atoms with Crippen LogP contribution in [-0.4, -0.2) is 28.3 Å². The summed E-state index contributed by atoms with van der Waals surface area (Å²) >= 11 is 5.91. The van der Waals surface area contributed by atoms with Crippen LogP contribution < -0.4 is 16.2 Å². The van der Waals surface area contributed by atoms with Crippen molar-refractivity contribution in [2.24, 2.45) is 13.0 Å². The molecule has 0 spiro atoms. The highest BCUT2D eigenvalue weighted by Crippen LogP contribution is 2.15. The molecule has 0 aliphatic rings. The number of carbonyl (C=O) groups is 1. The van der Waals surface area contributed by atoms with Crippen LogP contribution in [0.2, 0.25) is 5.02 Å². The number of nitrogens with one attached hydrogen (secondary N) is 2. The third-order valence-electron chi connectivity index (χ3n) is 2.53. The zero-order valence-electron chi connectivity index (χ0n) is 11.5. The Labute approximate surface area is 117 Å². The molecule has 0 bridgehead atoms. The molecular formula is C12H19ClN4O2. The number of nitrogens with zero attached hydrogens (tertiary/aromatic N) is 2. The minimum atomic E-state index is -0.495. The third-order valence-corrected chi connectivity index (χ3v) is 2.89. The first-order valence-electron chi connectivity index (χ1n) is 6.09. The lowest BCUT2D eigenvalue weighted by Gasteiger charge is -2.16. The van der Waals surface area contributed by atoms with Gasteiger partial charge in [-0.1, -0.05) is 25.4 Å². The second kappa shape index (κ2) is 6.56. The van der Waals surface area contributed by atoms with Gasteiger partial charge >= 0.3 is 0 Å². The summed E-state index contributed by atoms with van der Waals surface area (Å²) in [5, 5.41) is 9.56. The van der Waals surface area contributed by atoms with Gasteiger partial charge in [0.15, 0.2) is 0 Å². The van der Waals surface area contributed by atoms with Crippen molar-refractivity contribution in [2.45, 2.75) is 26.8 Å². The normalized spacial score (nSPS) is 12.3. The van der Waals surface area contributed by atoms with Crippen molar-refractivity contribution in [3.8, 4) is 0 Å². The van der Waals surface area contributed by atoms with E-state index >= 15 is 0 Å². The van der Waals surface area contributed by atoms with Gasteiger partial charge in [0.1, 0.15) is 11.1 Å². The van der Waals surface area contributed by atoms with E-state index in [0.29, 0.717) is 18.2 Å². The topological polar surface area (TPSA) is 76.0 Å². The Bertz CT molecular complexity index is 513. The molecule has 7 heteroatoms. The Hall–Kier alpha value is -1.56. The van der Waals surface area contributed by atoms with Crippen LogP contribution in [0.5, 0.6) is 0 Å². The Morgan fingerprint density at radius 1 is 1.47 bits per heavy atom. The maximum Gasteiger partial charge on any atom is 0.287 e. The molecule has 0 aliphatic heterocycles. The predicted octanol–water partition coefficient (Wildman–Crippen LogP) is 1.01. The largest absolute Gasteiger partial charge is 0.371 e. The van der Waals surface area contributed by atoms with E-state index in [-0.39, 0.29) is 10.9 Å². The van der Waals surface area contributed by atoms with Gasteiger partial charge in [0.25, 0.3) is 5.56 Å². The molecule has 106 valence electrons. The molecule has 0 radical (unpaired) electrons.